The van der Waals surface area contributed by atoms with Crippen LogP contribution in [0.4, 0.5) is 11.5 Å². The summed E-state index contributed by atoms with van der Waals surface area (Å²) in [5.74, 6) is 0.871. The van der Waals surface area contributed by atoms with Crippen LogP contribution in [0.5, 0.6) is 0 Å². The summed E-state index contributed by atoms with van der Waals surface area (Å²) in [6, 6.07) is 12.4. The summed E-state index contributed by atoms with van der Waals surface area (Å²) in [5.41, 5.74) is 9.47. The lowest BCUT2D eigenvalue weighted by molar-refractivity contribution is 0.209. The normalized spacial score (nSPS) is 15.1. The molecule has 150 valence electrons. The van der Waals surface area contributed by atoms with Gasteiger partial charge in [0.05, 0.1) is 11.4 Å². The maximum absolute atomic E-state index is 8.74. The van der Waals surface area contributed by atoms with Crippen LogP contribution in [0.15, 0.2) is 48.1 Å². The molecule has 1 aromatic carbocycles. The van der Waals surface area contributed by atoms with Crippen molar-refractivity contribution in [1.82, 2.24) is 14.9 Å². The first-order chi connectivity index (χ1) is 14.0. The van der Waals surface area contributed by atoms with Gasteiger partial charge in [-0.3, -0.25) is 10.3 Å². The predicted octanol–water partition coefficient (Wildman–Crippen LogP) is 3.73. The van der Waals surface area contributed by atoms with E-state index in [4.69, 9.17) is 11.1 Å². The van der Waals surface area contributed by atoms with E-state index in [0.29, 0.717) is 28.7 Å². The van der Waals surface area contributed by atoms with E-state index in [1.807, 2.05) is 35.7 Å². The number of nitrogens with one attached hydrogen (secondary N) is 1. The highest BCUT2D eigenvalue weighted by atomic mass is 32.1. The summed E-state index contributed by atoms with van der Waals surface area (Å²) >= 11 is 1.67. The van der Waals surface area contributed by atoms with Crippen LogP contribution in [-0.2, 0) is 0 Å². The van der Waals surface area contributed by atoms with E-state index in [0.717, 1.165) is 42.4 Å². The van der Waals surface area contributed by atoms with E-state index < -0.39 is 0 Å². The fourth-order valence-corrected chi connectivity index (χ4v) is 4.35. The third-order valence-electron chi connectivity index (χ3n) is 5.41. The maximum Gasteiger partial charge on any atom is 0.132 e. The van der Waals surface area contributed by atoms with E-state index in [2.05, 4.69) is 39.7 Å². The van der Waals surface area contributed by atoms with Crippen LogP contribution in [0.1, 0.15) is 25.1 Å². The van der Waals surface area contributed by atoms with Gasteiger partial charge >= 0.3 is 0 Å². The Kier molecular flexibility index (Phi) is 5.60. The van der Waals surface area contributed by atoms with Crippen LogP contribution in [-0.4, -0.2) is 52.8 Å². The number of rotatable bonds is 5. The number of hydrogen-bond acceptors (Lipinski definition) is 7. The molecule has 1 fully saturated rings. The van der Waals surface area contributed by atoms with Crippen LogP contribution < -0.4 is 10.6 Å². The Morgan fingerprint density at radius 1 is 1.10 bits per heavy atom. The number of piperazine rings is 1. The molecular formula is C22H26N6S. The van der Waals surface area contributed by atoms with Crippen molar-refractivity contribution >= 4 is 28.6 Å². The Bertz CT molecular complexity index is 990. The Labute approximate surface area is 175 Å². The Hall–Kier alpha value is -2.77. The van der Waals surface area contributed by atoms with Crippen molar-refractivity contribution in [2.24, 2.45) is 0 Å². The molecule has 29 heavy (non-hydrogen) atoms. The Morgan fingerprint density at radius 3 is 2.59 bits per heavy atom. The molecule has 3 aromatic rings. The van der Waals surface area contributed by atoms with E-state index in [1.54, 1.807) is 17.7 Å². The third-order valence-corrected chi connectivity index (χ3v) is 6.32. The standard InChI is InChI=1S/C22H26N6S/c1-15(2)27-7-9-28(10-8-27)21-13-19(25-14-26-21)22(24)17-12-16(5-6-18(17)23)20-4-3-11-29-20/h3-6,11-15,24H,7-10,23H2,1-2H3. The summed E-state index contributed by atoms with van der Waals surface area (Å²) < 4.78 is 0. The average molecular weight is 407 g/mol. The summed E-state index contributed by atoms with van der Waals surface area (Å²) in [6.45, 7) is 8.35. The number of thiophene rings is 1. The number of nitrogens with zero attached hydrogens (tertiary/aromatic N) is 4. The van der Waals surface area contributed by atoms with Gasteiger partial charge in [-0.1, -0.05) is 12.1 Å². The molecule has 0 spiro atoms. The van der Waals surface area contributed by atoms with Gasteiger partial charge in [0.25, 0.3) is 0 Å². The zero-order chi connectivity index (χ0) is 20.4. The molecule has 1 saturated heterocycles. The molecule has 4 rings (SSSR count). The molecule has 2 aromatic heterocycles. The van der Waals surface area contributed by atoms with Gasteiger partial charge in [0, 0.05) is 54.4 Å². The highest BCUT2D eigenvalue weighted by molar-refractivity contribution is 7.13. The second-order valence-corrected chi connectivity index (χ2v) is 8.48. The van der Waals surface area contributed by atoms with E-state index in [1.165, 1.54) is 0 Å². The minimum Gasteiger partial charge on any atom is -0.398 e. The lowest BCUT2D eigenvalue weighted by atomic mass is 10.0. The number of benzene rings is 1. The lowest BCUT2D eigenvalue weighted by Crippen LogP contribution is -2.49. The maximum atomic E-state index is 8.74. The number of hydrogen-bond donors (Lipinski definition) is 2. The van der Waals surface area contributed by atoms with Crippen molar-refractivity contribution in [2.75, 3.05) is 36.8 Å². The first-order valence-electron chi connectivity index (χ1n) is 9.86. The number of anilines is 2. The zero-order valence-electron chi connectivity index (χ0n) is 16.8. The first kappa shape index (κ1) is 19.5. The van der Waals surface area contributed by atoms with Gasteiger partial charge in [-0.05, 0) is 43.0 Å². The van der Waals surface area contributed by atoms with Crippen molar-refractivity contribution in [3.8, 4) is 10.4 Å². The average Bonchev–Trinajstić information content (AvgIpc) is 3.29. The van der Waals surface area contributed by atoms with E-state index >= 15 is 0 Å². The van der Waals surface area contributed by atoms with Gasteiger partial charge < -0.3 is 10.6 Å². The topological polar surface area (TPSA) is 82.1 Å². The monoisotopic (exact) mass is 406 g/mol. The van der Waals surface area contributed by atoms with Gasteiger partial charge in [0.15, 0.2) is 0 Å². The van der Waals surface area contributed by atoms with Crippen molar-refractivity contribution in [3.63, 3.8) is 0 Å². The van der Waals surface area contributed by atoms with Gasteiger partial charge in [-0.25, -0.2) is 9.97 Å². The summed E-state index contributed by atoms with van der Waals surface area (Å²) in [6.07, 6.45) is 1.55. The first-order valence-corrected chi connectivity index (χ1v) is 10.7. The summed E-state index contributed by atoms with van der Waals surface area (Å²) in [7, 11) is 0. The van der Waals surface area contributed by atoms with Crippen molar-refractivity contribution in [1.29, 1.82) is 5.41 Å². The molecule has 0 saturated carbocycles. The van der Waals surface area contributed by atoms with Gasteiger partial charge in [-0.15, -0.1) is 11.3 Å². The lowest BCUT2D eigenvalue weighted by Gasteiger charge is -2.37. The molecule has 3 N–H and O–H groups in total. The minimum atomic E-state index is 0.324. The van der Waals surface area contributed by atoms with Gasteiger partial charge in [-0.2, -0.15) is 0 Å². The molecule has 0 radical (unpaired) electrons. The largest absolute Gasteiger partial charge is 0.398 e. The second kappa shape index (κ2) is 8.31. The second-order valence-electron chi connectivity index (χ2n) is 7.53. The molecule has 1 aliphatic rings. The number of nitrogens with two attached hydrogens (primary N) is 1. The fraction of sp³-hybridized carbons (Fsp3) is 0.318. The molecule has 6 nitrogen and oxygen atoms in total. The highest BCUT2D eigenvalue weighted by Crippen LogP contribution is 2.29. The van der Waals surface area contributed by atoms with Crippen molar-refractivity contribution in [2.45, 2.75) is 19.9 Å². The quantitative estimate of drug-likeness (QED) is 0.498. The molecule has 0 unspecified atom stereocenters. The Balaban J connectivity index is 1.57. The van der Waals surface area contributed by atoms with Gasteiger partial charge in [0.1, 0.15) is 12.1 Å². The number of aromatic nitrogens is 2. The predicted molar refractivity (Wildman–Crippen MR) is 121 cm³/mol. The minimum absolute atomic E-state index is 0.324. The fourth-order valence-electron chi connectivity index (χ4n) is 3.63. The van der Waals surface area contributed by atoms with Gasteiger partial charge in [0.2, 0.25) is 0 Å². The van der Waals surface area contributed by atoms with Crippen LogP contribution in [0.3, 0.4) is 0 Å². The van der Waals surface area contributed by atoms with Crippen molar-refractivity contribution in [3.05, 3.63) is 59.4 Å². The van der Waals surface area contributed by atoms with Crippen LogP contribution in [0.2, 0.25) is 0 Å². The van der Waals surface area contributed by atoms with E-state index in [9.17, 15) is 0 Å². The summed E-state index contributed by atoms with van der Waals surface area (Å²) in [4.78, 5) is 14.7. The van der Waals surface area contributed by atoms with Crippen LogP contribution in [0, 0.1) is 5.41 Å². The molecule has 7 heteroatoms. The molecule has 0 bridgehead atoms. The van der Waals surface area contributed by atoms with E-state index in [-0.39, 0.29) is 0 Å². The molecule has 0 amide bonds. The van der Waals surface area contributed by atoms with Crippen molar-refractivity contribution < 1.29 is 0 Å². The number of nitrogen functional groups attached to an aromatic ring is 1. The van der Waals surface area contributed by atoms with Crippen LogP contribution >= 0.6 is 11.3 Å². The Morgan fingerprint density at radius 2 is 1.90 bits per heavy atom. The third kappa shape index (κ3) is 4.16. The zero-order valence-corrected chi connectivity index (χ0v) is 17.6. The molecular weight excluding hydrogens is 380 g/mol. The van der Waals surface area contributed by atoms with Crippen LogP contribution in [0.25, 0.3) is 10.4 Å². The smallest absolute Gasteiger partial charge is 0.132 e. The molecule has 3 heterocycles. The highest BCUT2D eigenvalue weighted by Gasteiger charge is 2.21. The summed E-state index contributed by atoms with van der Waals surface area (Å²) in [5, 5.41) is 10.8. The molecule has 0 aliphatic carbocycles. The molecule has 0 atom stereocenters. The SMILES string of the molecule is CC(C)N1CCN(c2cc(C(=N)c3cc(-c4cccs4)ccc3N)ncn2)CC1. The molecule has 1 aliphatic heterocycles.